The predicted molar refractivity (Wildman–Crippen MR) is 58.7 cm³/mol. The van der Waals surface area contributed by atoms with E-state index < -0.39 is 0 Å². The molecular weight excluding hydrogens is 176 g/mol. The number of rotatable bonds is 3. The lowest BCUT2D eigenvalue weighted by Gasteiger charge is -2.11. The molecule has 0 atom stereocenters. The monoisotopic (exact) mass is 192 g/mol. The van der Waals surface area contributed by atoms with Crippen molar-refractivity contribution in [2.45, 2.75) is 0 Å². The van der Waals surface area contributed by atoms with E-state index in [0.29, 0.717) is 12.2 Å². The number of nitrogens with two attached hydrogens (primary N) is 1. The highest BCUT2D eigenvalue weighted by Crippen LogP contribution is 2.12. The lowest BCUT2D eigenvalue weighted by molar-refractivity contribution is 0.431. The van der Waals surface area contributed by atoms with Crippen LogP contribution in [-0.4, -0.2) is 30.6 Å². The molecular formula is C11H16N2O. The van der Waals surface area contributed by atoms with Gasteiger partial charge < -0.3 is 15.7 Å². The Hall–Kier alpha value is -1.48. The number of hydrogen-bond acceptors (Lipinski definition) is 3. The SMILES string of the molecule is CN(C)C/C(N)=C(/O)c1ccccc1. The number of likely N-dealkylation sites (N-methyl/N-ethyl adjacent to an activating group) is 1. The Morgan fingerprint density at radius 3 is 2.36 bits per heavy atom. The average Bonchev–Trinajstić information content (AvgIpc) is 2.17. The predicted octanol–water partition coefficient (Wildman–Crippen LogP) is 1.43. The third kappa shape index (κ3) is 2.78. The molecule has 0 aliphatic rings. The molecule has 0 aromatic heterocycles. The Labute approximate surface area is 84.5 Å². The second-order valence-corrected chi connectivity index (χ2v) is 3.48. The summed E-state index contributed by atoms with van der Waals surface area (Å²) in [6.07, 6.45) is 0. The third-order valence-corrected chi connectivity index (χ3v) is 1.84. The quantitative estimate of drug-likeness (QED) is 0.712. The minimum atomic E-state index is 0.166. The summed E-state index contributed by atoms with van der Waals surface area (Å²) in [6.45, 7) is 0.556. The van der Waals surface area contributed by atoms with E-state index in [4.69, 9.17) is 5.73 Å². The first-order valence-electron chi connectivity index (χ1n) is 4.49. The molecule has 3 heteroatoms. The van der Waals surface area contributed by atoms with Crippen LogP contribution in [0.2, 0.25) is 0 Å². The zero-order valence-electron chi connectivity index (χ0n) is 8.57. The average molecular weight is 192 g/mol. The van der Waals surface area contributed by atoms with E-state index >= 15 is 0 Å². The molecule has 14 heavy (non-hydrogen) atoms. The van der Waals surface area contributed by atoms with Gasteiger partial charge in [-0.05, 0) is 14.1 Å². The van der Waals surface area contributed by atoms with E-state index in [-0.39, 0.29) is 5.76 Å². The van der Waals surface area contributed by atoms with Gasteiger partial charge in [-0.15, -0.1) is 0 Å². The fourth-order valence-corrected chi connectivity index (χ4v) is 1.20. The summed E-state index contributed by atoms with van der Waals surface area (Å²) in [4.78, 5) is 1.91. The van der Waals surface area contributed by atoms with Crippen LogP contribution in [0.3, 0.4) is 0 Å². The van der Waals surface area contributed by atoms with Gasteiger partial charge in [-0.3, -0.25) is 0 Å². The molecule has 0 bridgehead atoms. The number of hydrogen-bond donors (Lipinski definition) is 2. The summed E-state index contributed by atoms with van der Waals surface area (Å²) in [6, 6.07) is 9.30. The van der Waals surface area contributed by atoms with Crippen molar-refractivity contribution in [3.05, 3.63) is 41.6 Å². The summed E-state index contributed by atoms with van der Waals surface area (Å²) in [5.41, 5.74) is 6.98. The lowest BCUT2D eigenvalue weighted by atomic mass is 10.1. The van der Waals surface area contributed by atoms with Crippen LogP contribution in [-0.2, 0) is 0 Å². The highest BCUT2D eigenvalue weighted by molar-refractivity contribution is 5.61. The van der Waals surface area contributed by atoms with Crippen LogP contribution in [0.15, 0.2) is 36.0 Å². The Kier molecular flexibility index (Phi) is 3.54. The zero-order valence-corrected chi connectivity index (χ0v) is 8.57. The first-order valence-corrected chi connectivity index (χ1v) is 4.49. The van der Waals surface area contributed by atoms with Crippen molar-refractivity contribution in [2.24, 2.45) is 5.73 Å². The summed E-state index contributed by atoms with van der Waals surface area (Å²) >= 11 is 0. The minimum Gasteiger partial charge on any atom is -0.505 e. The highest BCUT2D eigenvalue weighted by atomic mass is 16.3. The zero-order chi connectivity index (χ0) is 10.6. The molecule has 1 rings (SSSR count). The Morgan fingerprint density at radius 2 is 1.86 bits per heavy atom. The lowest BCUT2D eigenvalue weighted by Crippen LogP contribution is -2.20. The van der Waals surface area contributed by atoms with Gasteiger partial charge in [0.1, 0.15) is 5.76 Å². The van der Waals surface area contributed by atoms with Gasteiger partial charge in [0.2, 0.25) is 0 Å². The normalized spacial score (nSPS) is 12.8. The van der Waals surface area contributed by atoms with Gasteiger partial charge in [-0.1, -0.05) is 30.3 Å². The van der Waals surface area contributed by atoms with Crippen LogP contribution in [0.25, 0.3) is 5.76 Å². The molecule has 76 valence electrons. The van der Waals surface area contributed by atoms with Gasteiger partial charge in [-0.25, -0.2) is 0 Å². The molecule has 3 N–H and O–H groups in total. The minimum absolute atomic E-state index is 0.166. The van der Waals surface area contributed by atoms with Crippen LogP contribution in [0.4, 0.5) is 0 Å². The number of nitrogens with zero attached hydrogens (tertiary/aromatic N) is 1. The largest absolute Gasteiger partial charge is 0.505 e. The van der Waals surface area contributed by atoms with Crippen molar-refractivity contribution >= 4 is 5.76 Å². The van der Waals surface area contributed by atoms with Crippen molar-refractivity contribution in [1.29, 1.82) is 0 Å². The highest BCUT2D eigenvalue weighted by Gasteiger charge is 2.04. The molecule has 0 amide bonds. The first kappa shape index (κ1) is 10.6. The molecule has 1 aromatic rings. The van der Waals surface area contributed by atoms with Crippen molar-refractivity contribution in [3.8, 4) is 0 Å². The summed E-state index contributed by atoms with van der Waals surface area (Å²) in [5.74, 6) is 0.166. The van der Waals surface area contributed by atoms with Gasteiger partial charge in [0, 0.05) is 12.1 Å². The molecule has 0 radical (unpaired) electrons. The molecule has 0 saturated heterocycles. The van der Waals surface area contributed by atoms with E-state index in [0.717, 1.165) is 5.56 Å². The van der Waals surface area contributed by atoms with Gasteiger partial charge in [0.05, 0.1) is 5.70 Å². The fourth-order valence-electron chi connectivity index (χ4n) is 1.20. The second kappa shape index (κ2) is 4.67. The Bertz CT molecular complexity index is 317. The van der Waals surface area contributed by atoms with E-state index in [1.165, 1.54) is 0 Å². The molecule has 0 fully saturated rings. The second-order valence-electron chi connectivity index (χ2n) is 3.48. The molecule has 0 unspecified atom stereocenters. The van der Waals surface area contributed by atoms with E-state index in [1.54, 1.807) is 0 Å². The summed E-state index contributed by atoms with van der Waals surface area (Å²) in [5, 5.41) is 9.77. The van der Waals surface area contributed by atoms with Crippen LogP contribution >= 0.6 is 0 Å². The maximum atomic E-state index is 9.77. The van der Waals surface area contributed by atoms with Gasteiger partial charge in [0.25, 0.3) is 0 Å². The van der Waals surface area contributed by atoms with Gasteiger partial charge >= 0.3 is 0 Å². The van der Waals surface area contributed by atoms with E-state index in [9.17, 15) is 5.11 Å². The van der Waals surface area contributed by atoms with Crippen molar-refractivity contribution in [2.75, 3.05) is 20.6 Å². The molecule has 0 spiro atoms. The van der Waals surface area contributed by atoms with E-state index in [2.05, 4.69) is 0 Å². The maximum absolute atomic E-state index is 9.77. The molecule has 3 nitrogen and oxygen atoms in total. The van der Waals surface area contributed by atoms with Crippen LogP contribution in [0.1, 0.15) is 5.56 Å². The van der Waals surface area contributed by atoms with Crippen molar-refractivity contribution in [1.82, 2.24) is 4.90 Å². The Morgan fingerprint density at radius 1 is 1.29 bits per heavy atom. The smallest absolute Gasteiger partial charge is 0.142 e. The van der Waals surface area contributed by atoms with Crippen LogP contribution in [0.5, 0.6) is 0 Å². The number of benzene rings is 1. The van der Waals surface area contributed by atoms with Crippen LogP contribution < -0.4 is 5.73 Å². The van der Waals surface area contributed by atoms with Crippen LogP contribution in [0, 0.1) is 0 Å². The van der Waals surface area contributed by atoms with Crippen molar-refractivity contribution in [3.63, 3.8) is 0 Å². The summed E-state index contributed by atoms with van der Waals surface area (Å²) < 4.78 is 0. The number of aliphatic hydroxyl groups excluding tert-OH is 1. The Balaban J connectivity index is 2.87. The molecule has 0 aliphatic carbocycles. The third-order valence-electron chi connectivity index (χ3n) is 1.84. The summed E-state index contributed by atoms with van der Waals surface area (Å²) in [7, 11) is 3.82. The van der Waals surface area contributed by atoms with Gasteiger partial charge in [0.15, 0.2) is 0 Å². The first-order chi connectivity index (χ1) is 6.61. The standard InChI is InChI=1S/C11H16N2O/c1-13(2)8-10(12)11(14)9-6-4-3-5-7-9/h3-7,14H,8,12H2,1-2H3/b11-10-. The molecule has 0 aliphatic heterocycles. The van der Waals surface area contributed by atoms with Gasteiger partial charge in [-0.2, -0.15) is 0 Å². The molecule has 0 heterocycles. The van der Waals surface area contributed by atoms with E-state index in [1.807, 2.05) is 49.3 Å². The number of aliphatic hydroxyl groups is 1. The molecule has 1 aromatic carbocycles. The maximum Gasteiger partial charge on any atom is 0.142 e. The fraction of sp³-hybridized carbons (Fsp3) is 0.273. The van der Waals surface area contributed by atoms with Crippen molar-refractivity contribution < 1.29 is 5.11 Å². The molecule has 0 saturated carbocycles. The topological polar surface area (TPSA) is 49.5 Å².